The van der Waals surface area contributed by atoms with Gasteiger partial charge in [0, 0.05) is 18.0 Å². The van der Waals surface area contributed by atoms with E-state index in [4.69, 9.17) is 9.68 Å². The number of carbonyl (C=O) groups is 1. The molecule has 1 aromatic heterocycles. The summed E-state index contributed by atoms with van der Waals surface area (Å²) in [6, 6.07) is 5.20. The fourth-order valence-corrected chi connectivity index (χ4v) is 2.07. The van der Waals surface area contributed by atoms with E-state index in [2.05, 4.69) is 5.32 Å². The summed E-state index contributed by atoms with van der Waals surface area (Å²) in [5.74, 6) is 0.0621. The highest BCUT2D eigenvalue weighted by molar-refractivity contribution is 6.01. The van der Waals surface area contributed by atoms with Crippen LogP contribution in [0.1, 0.15) is 33.5 Å². The number of aliphatic hydroxyl groups is 1. The molecule has 1 unspecified atom stereocenters. The van der Waals surface area contributed by atoms with Gasteiger partial charge in [-0.3, -0.25) is 4.79 Å². The Bertz CT molecular complexity index is 536. The van der Waals surface area contributed by atoms with Gasteiger partial charge < -0.3 is 14.8 Å². The van der Waals surface area contributed by atoms with E-state index >= 15 is 0 Å². The van der Waals surface area contributed by atoms with E-state index in [1.807, 2.05) is 33.8 Å². The molecule has 0 aliphatic heterocycles. The van der Waals surface area contributed by atoms with E-state index in [1.165, 1.54) is 12.3 Å². The fraction of sp³-hybridized carbons (Fsp3) is 0.500. The Hall–Kier alpha value is -2.06. The van der Waals surface area contributed by atoms with E-state index < -0.39 is 17.4 Å². The third-order valence-corrected chi connectivity index (χ3v) is 3.33. The number of carbonyl (C=O) groups excluding carboxylic acids is 1. The topological polar surface area (TPSA) is 86.3 Å². The van der Waals surface area contributed by atoms with Crippen LogP contribution in [-0.4, -0.2) is 23.7 Å². The van der Waals surface area contributed by atoms with Crippen LogP contribution < -0.4 is 5.32 Å². The molecule has 1 heterocycles. The lowest BCUT2D eigenvalue weighted by Gasteiger charge is -2.33. The van der Waals surface area contributed by atoms with E-state index in [0.717, 1.165) is 0 Å². The van der Waals surface area contributed by atoms with Crippen LogP contribution in [0.5, 0.6) is 0 Å². The zero-order valence-corrected chi connectivity index (χ0v) is 12.9. The van der Waals surface area contributed by atoms with Crippen LogP contribution in [0.3, 0.4) is 0 Å². The predicted octanol–water partition coefficient (Wildman–Crippen LogP) is 2.35. The monoisotopic (exact) mass is 290 g/mol. The van der Waals surface area contributed by atoms with Crippen molar-refractivity contribution in [1.82, 2.24) is 5.32 Å². The SMILES string of the molecule is CC(C)C(O)C(C)(C)CNC(=O)/C(C#N)=C/c1ccco1. The summed E-state index contributed by atoms with van der Waals surface area (Å²) >= 11 is 0. The second kappa shape index (κ2) is 7.09. The summed E-state index contributed by atoms with van der Waals surface area (Å²) in [4.78, 5) is 12.0. The lowest BCUT2D eigenvalue weighted by Crippen LogP contribution is -2.43. The molecule has 5 heteroatoms. The Labute approximate surface area is 125 Å². The van der Waals surface area contributed by atoms with Crippen molar-refractivity contribution in [2.24, 2.45) is 11.3 Å². The van der Waals surface area contributed by atoms with Gasteiger partial charge in [0.1, 0.15) is 17.4 Å². The Morgan fingerprint density at radius 1 is 1.57 bits per heavy atom. The Morgan fingerprint density at radius 2 is 2.24 bits per heavy atom. The van der Waals surface area contributed by atoms with Crippen molar-refractivity contribution >= 4 is 12.0 Å². The first-order valence-electron chi connectivity index (χ1n) is 6.89. The van der Waals surface area contributed by atoms with Gasteiger partial charge in [-0.1, -0.05) is 27.7 Å². The standard InChI is InChI=1S/C16H22N2O3/c1-11(2)14(19)16(3,4)10-18-15(20)12(9-17)8-13-6-5-7-21-13/h5-8,11,14,19H,10H2,1-4H3,(H,18,20)/b12-8+. The van der Waals surface area contributed by atoms with Gasteiger partial charge in [0.25, 0.3) is 5.91 Å². The largest absolute Gasteiger partial charge is 0.465 e. The molecule has 0 fully saturated rings. The molecule has 5 nitrogen and oxygen atoms in total. The van der Waals surface area contributed by atoms with Gasteiger partial charge in [-0.15, -0.1) is 0 Å². The lowest BCUT2D eigenvalue weighted by atomic mass is 9.80. The minimum Gasteiger partial charge on any atom is -0.465 e. The van der Waals surface area contributed by atoms with Gasteiger partial charge in [-0.2, -0.15) is 5.26 Å². The first-order valence-corrected chi connectivity index (χ1v) is 6.89. The highest BCUT2D eigenvalue weighted by Crippen LogP contribution is 2.25. The number of furan rings is 1. The number of nitriles is 1. The normalized spacial score (nSPS) is 13.9. The maximum atomic E-state index is 12.0. The van der Waals surface area contributed by atoms with Crippen LogP contribution >= 0.6 is 0 Å². The first-order chi connectivity index (χ1) is 9.77. The molecule has 0 saturated heterocycles. The van der Waals surface area contributed by atoms with Crippen molar-refractivity contribution in [3.05, 3.63) is 29.7 Å². The van der Waals surface area contributed by atoms with Crippen LogP contribution in [-0.2, 0) is 4.79 Å². The quantitative estimate of drug-likeness (QED) is 0.622. The van der Waals surface area contributed by atoms with Crippen LogP contribution in [0.4, 0.5) is 0 Å². The summed E-state index contributed by atoms with van der Waals surface area (Å²) in [5, 5.41) is 21.9. The smallest absolute Gasteiger partial charge is 0.262 e. The molecule has 114 valence electrons. The minimum absolute atomic E-state index is 0.0280. The fourth-order valence-electron chi connectivity index (χ4n) is 2.07. The minimum atomic E-state index is -0.544. The molecule has 0 aromatic carbocycles. The Morgan fingerprint density at radius 3 is 2.71 bits per heavy atom. The molecular weight excluding hydrogens is 268 g/mol. The second-order valence-corrected chi connectivity index (χ2v) is 6.05. The maximum absolute atomic E-state index is 12.0. The molecule has 1 aromatic rings. The number of rotatable bonds is 6. The van der Waals surface area contributed by atoms with Crippen molar-refractivity contribution in [1.29, 1.82) is 5.26 Å². The second-order valence-electron chi connectivity index (χ2n) is 6.05. The van der Waals surface area contributed by atoms with Crippen molar-refractivity contribution in [3.8, 4) is 6.07 Å². The average Bonchev–Trinajstić information content (AvgIpc) is 2.94. The van der Waals surface area contributed by atoms with Gasteiger partial charge in [0.2, 0.25) is 0 Å². The first kappa shape index (κ1) is 17.0. The highest BCUT2D eigenvalue weighted by Gasteiger charge is 2.30. The van der Waals surface area contributed by atoms with E-state index in [9.17, 15) is 9.90 Å². The third-order valence-electron chi connectivity index (χ3n) is 3.33. The molecule has 0 saturated carbocycles. The Balaban J connectivity index is 2.70. The molecule has 0 spiro atoms. The molecule has 21 heavy (non-hydrogen) atoms. The summed E-state index contributed by atoms with van der Waals surface area (Å²) in [7, 11) is 0. The molecule has 0 radical (unpaired) electrons. The van der Waals surface area contributed by atoms with Gasteiger partial charge in [0.05, 0.1) is 12.4 Å². The summed E-state index contributed by atoms with van der Waals surface area (Å²) in [6.07, 6.45) is 2.32. The van der Waals surface area contributed by atoms with Crippen molar-refractivity contribution in [2.45, 2.75) is 33.8 Å². The predicted molar refractivity (Wildman–Crippen MR) is 79.9 cm³/mol. The lowest BCUT2D eigenvalue weighted by molar-refractivity contribution is -0.118. The van der Waals surface area contributed by atoms with Crippen molar-refractivity contribution < 1.29 is 14.3 Å². The average molecular weight is 290 g/mol. The van der Waals surface area contributed by atoms with E-state index in [-0.39, 0.29) is 18.0 Å². The van der Waals surface area contributed by atoms with Crippen molar-refractivity contribution in [2.75, 3.05) is 6.54 Å². The number of hydrogen-bond donors (Lipinski definition) is 2. The van der Waals surface area contributed by atoms with Crippen molar-refractivity contribution in [3.63, 3.8) is 0 Å². The van der Waals surface area contributed by atoms with Crippen LogP contribution in [0, 0.1) is 22.7 Å². The molecule has 0 aliphatic carbocycles. The molecule has 0 aliphatic rings. The molecule has 1 atom stereocenters. The summed E-state index contributed by atoms with van der Waals surface area (Å²) in [5.41, 5.74) is -0.505. The number of nitrogens with one attached hydrogen (secondary N) is 1. The third kappa shape index (κ3) is 4.76. The number of nitrogens with zero attached hydrogens (tertiary/aromatic N) is 1. The van der Waals surface area contributed by atoms with Crippen LogP contribution in [0.15, 0.2) is 28.4 Å². The molecule has 1 rings (SSSR count). The number of hydrogen-bond acceptors (Lipinski definition) is 4. The van der Waals surface area contributed by atoms with Gasteiger partial charge >= 0.3 is 0 Å². The number of amides is 1. The summed E-state index contributed by atoms with van der Waals surface area (Å²) < 4.78 is 5.08. The number of aliphatic hydroxyl groups excluding tert-OH is 1. The zero-order valence-electron chi connectivity index (χ0n) is 12.9. The summed E-state index contributed by atoms with van der Waals surface area (Å²) in [6.45, 7) is 7.88. The molecule has 2 N–H and O–H groups in total. The maximum Gasteiger partial charge on any atom is 0.262 e. The van der Waals surface area contributed by atoms with Crippen LogP contribution in [0.2, 0.25) is 0 Å². The van der Waals surface area contributed by atoms with E-state index in [0.29, 0.717) is 5.76 Å². The zero-order chi connectivity index (χ0) is 16.0. The molecule has 1 amide bonds. The highest BCUT2D eigenvalue weighted by atomic mass is 16.3. The molecular formula is C16H22N2O3. The van der Waals surface area contributed by atoms with E-state index in [1.54, 1.807) is 12.1 Å². The molecule has 0 bridgehead atoms. The van der Waals surface area contributed by atoms with Gasteiger partial charge in [0.15, 0.2) is 0 Å². The van der Waals surface area contributed by atoms with Crippen LogP contribution in [0.25, 0.3) is 6.08 Å². The Kier molecular flexibility index (Phi) is 5.74. The van der Waals surface area contributed by atoms with Gasteiger partial charge in [-0.25, -0.2) is 0 Å². The van der Waals surface area contributed by atoms with Gasteiger partial charge in [-0.05, 0) is 18.1 Å².